The van der Waals surface area contributed by atoms with E-state index in [9.17, 15) is 4.79 Å². The number of benzene rings is 1. The summed E-state index contributed by atoms with van der Waals surface area (Å²) in [7, 11) is 0. The van der Waals surface area contributed by atoms with Gasteiger partial charge in [0.2, 0.25) is 5.89 Å². The highest BCUT2D eigenvalue weighted by atomic mass is 32.1. The van der Waals surface area contributed by atoms with Crippen LogP contribution in [0.3, 0.4) is 0 Å². The number of aromatic nitrogens is 2. The number of nitrogens with zero attached hydrogens (tertiary/aromatic N) is 1. The number of hydrogen-bond donors (Lipinski definition) is 2. The van der Waals surface area contributed by atoms with Crippen molar-refractivity contribution >= 4 is 18.1 Å². The zero-order chi connectivity index (χ0) is 12.3. The zero-order valence-electron chi connectivity index (χ0n) is 9.14. The fourth-order valence-electron chi connectivity index (χ4n) is 1.36. The van der Waals surface area contributed by atoms with E-state index in [0.29, 0.717) is 11.5 Å². The molecule has 1 heterocycles. The summed E-state index contributed by atoms with van der Waals surface area (Å²) in [6.45, 7) is 1.77. The normalized spacial score (nSPS) is 12.1. The van der Waals surface area contributed by atoms with E-state index >= 15 is 0 Å². The number of rotatable bonds is 3. The number of carbonyl (C=O) groups excluding carboxylic acids is 1. The summed E-state index contributed by atoms with van der Waals surface area (Å²) in [6, 6.07) is 8.60. The van der Waals surface area contributed by atoms with Crippen molar-refractivity contribution in [2.75, 3.05) is 0 Å². The van der Waals surface area contributed by atoms with Gasteiger partial charge in [0, 0.05) is 5.56 Å². The third kappa shape index (κ3) is 2.79. The van der Waals surface area contributed by atoms with Gasteiger partial charge in [-0.05, 0) is 31.3 Å². The summed E-state index contributed by atoms with van der Waals surface area (Å²) >= 11 is 4.76. The van der Waals surface area contributed by atoms with Crippen molar-refractivity contribution in [2.45, 2.75) is 13.0 Å². The Morgan fingerprint density at radius 3 is 2.76 bits per heavy atom. The van der Waals surface area contributed by atoms with E-state index in [1.165, 1.54) is 0 Å². The molecule has 0 saturated heterocycles. The molecule has 6 heteroatoms. The third-order valence-corrected chi connectivity index (χ3v) is 2.38. The number of H-pyrrole nitrogens is 1. The molecule has 1 aromatic carbocycles. The van der Waals surface area contributed by atoms with Gasteiger partial charge >= 0.3 is 0 Å². The van der Waals surface area contributed by atoms with E-state index in [4.69, 9.17) is 16.6 Å². The maximum Gasteiger partial charge on any atom is 0.284 e. The van der Waals surface area contributed by atoms with Gasteiger partial charge in [0.25, 0.3) is 10.7 Å². The third-order valence-electron chi connectivity index (χ3n) is 2.21. The maximum absolute atomic E-state index is 11.8. The molecule has 2 N–H and O–H groups in total. The van der Waals surface area contributed by atoms with Crippen LogP contribution in [0.2, 0.25) is 0 Å². The first-order valence-electron chi connectivity index (χ1n) is 5.08. The summed E-state index contributed by atoms with van der Waals surface area (Å²) in [5, 5.41) is 9.13. The maximum atomic E-state index is 11.8. The Morgan fingerprint density at radius 1 is 1.47 bits per heavy atom. The molecule has 88 valence electrons. The van der Waals surface area contributed by atoms with Crippen molar-refractivity contribution in [3.8, 4) is 0 Å². The van der Waals surface area contributed by atoms with E-state index in [2.05, 4.69) is 15.5 Å². The highest BCUT2D eigenvalue weighted by Gasteiger charge is 2.14. The van der Waals surface area contributed by atoms with Crippen LogP contribution in [0.15, 0.2) is 34.7 Å². The molecule has 2 aromatic rings. The average molecular weight is 249 g/mol. The Bertz CT molecular complexity index is 561. The summed E-state index contributed by atoms with van der Waals surface area (Å²) in [6.07, 6.45) is 0. The minimum Gasteiger partial charge on any atom is -0.412 e. The van der Waals surface area contributed by atoms with Gasteiger partial charge in [-0.15, -0.1) is 5.10 Å². The van der Waals surface area contributed by atoms with Crippen LogP contribution < -0.4 is 5.32 Å². The number of hydrogen-bond acceptors (Lipinski definition) is 4. The number of aromatic amines is 1. The Balaban J connectivity index is 2.07. The van der Waals surface area contributed by atoms with Gasteiger partial charge in [0.1, 0.15) is 6.04 Å². The van der Waals surface area contributed by atoms with Gasteiger partial charge in [-0.3, -0.25) is 4.79 Å². The van der Waals surface area contributed by atoms with Gasteiger partial charge in [0.05, 0.1) is 0 Å². The molecule has 0 unspecified atom stereocenters. The number of nitrogens with one attached hydrogen (secondary N) is 2. The van der Waals surface area contributed by atoms with Gasteiger partial charge in [0.15, 0.2) is 0 Å². The van der Waals surface area contributed by atoms with E-state index in [0.717, 1.165) is 0 Å². The second kappa shape index (κ2) is 4.92. The number of amides is 1. The average Bonchev–Trinajstić information content (AvgIpc) is 2.77. The van der Waals surface area contributed by atoms with Gasteiger partial charge in [-0.1, -0.05) is 18.2 Å². The fourth-order valence-corrected chi connectivity index (χ4v) is 1.49. The van der Waals surface area contributed by atoms with Crippen LogP contribution in [0.25, 0.3) is 0 Å². The van der Waals surface area contributed by atoms with Crippen LogP contribution >= 0.6 is 12.2 Å². The second-order valence-electron chi connectivity index (χ2n) is 3.51. The SMILES string of the molecule is C[C@H](NC(=O)c1ccccc1)c1n[nH]c(=S)o1. The molecule has 17 heavy (non-hydrogen) atoms. The van der Waals surface area contributed by atoms with Gasteiger partial charge in [-0.25, -0.2) is 5.10 Å². The van der Waals surface area contributed by atoms with Crippen molar-refractivity contribution in [1.29, 1.82) is 0 Å². The molecule has 0 spiro atoms. The molecule has 2 rings (SSSR count). The summed E-state index contributed by atoms with van der Waals surface area (Å²) in [5.41, 5.74) is 0.591. The minimum atomic E-state index is -0.337. The van der Waals surface area contributed by atoms with Crippen molar-refractivity contribution < 1.29 is 9.21 Å². The zero-order valence-corrected chi connectivity index (χ0v) is 9.95. The van der Waals surface area contributed by atoms with Crippen LogP contribution in [0.5, 0.6) is 0 Å². The molecule has 1 aromatic heterocycles. The van der Waals surface area contributed by atoms with Crippen LogP contribution in [0.4, 0.5) is 0 Å². The molecule has 0 aliphatic rings. The summed E-state index contributed by atoms with van der Waals surface area (Å²) in [5.74, 6) is 0.182. The highest BCUT2D eigenvalue weighted by molar-refractivity contribution is 7.71. The van der Waals surface area contributed by atoms with Crippen molar-refractivity contribution in [3.63, 3.8) is 0 Å². The lowest BCUT2D eigenvalue weighted by Crippen LogP contribution is -2.26. The smallest absolute Gasteiger partial charge is 0.284 e. The standard InChI is InChI=1S/C11H11N3O2S/c1-7(10-13-14-11(17)16-10)12-9(15)8-5-3-2-4-6-8/h2-7H,1H3,(H,12,15)(H,14,17)/t7-/m0/s1. The van der Waals surface area contributed by atoms with E-state index < -0.39 is 0 Å². The Kier molecular flexibility index (Phi) is 3.34. The van der Waals surface area contributed by atoms with Gasteiger partial charge < -0.3 is 9.73 Å². The number of carbonyl (C=O) groups is 1. The lowest BCUT2D eigenvalue weighted by molar-refractivity contribution is 0.0934. The van der Waals surface area contributed by atoms with E-state index in [1.807, 2.05) is 6.07 Å². The van der Waals surface area contributed by atoms with Crippen molar-refractivity contribution in [1.82, 2.24) is 15.5 Å². The van der Waals surface area contributed by atoms with Crippen LogP contribution in [-0.4, -0.2) is 16.1 Å². The molecule has 0 fully saturated rings. The molecular weight excluding hydrogens is 238 g/mol. The first-order valence-corrected chi connectivity index (χ1v) is 5.49. The Hall–Kier alpha value is -1.95. The van der Waals surface area contributed by atoms with E-state index in [1.54, 1.807) is 31.2 Å². The van der Waals surface area contributed by atoms with E-state index in [-0.39, 0.29) is 16.8 Å². The van der Waals surface area contributed by atoms with Crippen LogP contribution in [0.1, 0.15) is 29.2 Å². The molecule has 1 atom stereocenters. The van der Waals surface area contributed by atoms with Crippen LogP contribution in [0, 0.1) is 4.84 Å². The molecule has 0 saturated carbocycles. The Morgan fingerprint density at radius 2 is 2.18 bits per heavy atom. The largest absolute Gasteiger partial charge is 0.412 e. The second-order valence-corrected chi connectivity index (χ2v) is 3.88. The van der Waals surface area contributed by atoms with Crippen LogP contribution in [-0.2, 0) is 0 Å². The predicted octanol–water partition coefficient (Wildman–Crippen LogP) is 2.22. The first kappa shape index (κ1) is 11.5. The summed E-state index contributed by atoms with van der Waals surface area (Å²) in [4.78, 5) is 12.0. The van der Waals surface area contributed by atoms with Crippen molar-refractivity contribution in [3.05, 3.63) is 46.6 Å². The lowest BCUT2D eigenvalue weighted by Gasteiger charge is -2.09. The predicted molar refractivity (Wildman–Crippen MR) is 64.0 cm³/mol. The topological polar surface area (TPSA) is 70.9 Å². The molecule has 0 radical (unpaired) electrons. The first-order chi connectivity index (χ1) is 8.16. The minimum absolute atomic E-state index is 0.179. The monoisotopic (exact) mass is 249 g/mol. The van der Waals surface area contributed by atoms with Crippen molar-refractivity contribution in [2.24, 2.45) is 0 Å². The fraction of sp³-hybridized carbons (Fsp3) is 0.182. The molecular formula is C11H11N3O2S. The molecule has 0 bridgehead atoms. The summed E-state index contributed by atoms with van der Waals surface area (Å²) < 4.78 is 5.12. The highest BCUT2D eigenvalue weighted by Crippen LogP contribution is 2.09. The molecule has 0 aliphatic heterocycles. The molecule has 1 amide bonds. The lowest BCUT2D eigenvalue weighted by atomic mass is 10.2. The van der Waals surface area contributed by atoms with Gasteiger partial charge in [-0.2, -0.15) is 0 Å². The molecule has 5 nitrogen and oxygen atoms in total. The quantitative estimate of drug-likeness (QED) is 0.818. The molecule has 0 aliphatic carbocycles. The Labute approximate surface area is 103 Å².